The molecule has 3 heterocycles. The Morgan fingerprint density at radius 1 is 1.36 bits per heavy atom. The second-order valence-corrected chi connectivity index (χ2v) is 7.34. The van der Waals surface area contributed by atoms with Crippen LogP contribution in [-0.2, 0) is 29.5 Å². The van der Waals surface area contributed by atoms with Crippen LogP contribution in [0.2, 0.25) is 0 Å². The molecule has 0 saturated carbocycles. The molecule has 3 aliphatic rings. The number of imide groups is 1. The number of anilines is 1. The molecule has 2 saturated heterocycles. The van der Waals surface area contributed by atoms with E-state index in [1.807, 2.05) is 0 Å². The van der Waals surface area contributed by atoms with Crippen LogP contribution in [0.15, 0.2) is 18.2 Å². The highest BCUT2D eigenvalue weighted by Crippen LogP contribution is 2.49. The van der Waals surface area contributed by atoms with Gasteiger partial charge in [0, 0.05) is 12.7 Å². The average Bonchev–Trinajstić information content (AvgIpc) is 3.19. The number of nitrogens with one attached hydrogen (secondary N) is 1. The topological polar surface area (TPSA) is 135 Å². The number of methoxy groups -OCH3 is 1. The number of amides is 4. The highest BCUT2D eigenvalue weighted by atomic mass is 19.1. The van der Waals surface area contributed by atoms with Crippen molar-refractivity contribution in [1.82, 2.24) is 4.90 Å². The third-order valence-electron chi connectivity index (χ3n) is 5.88. The van der Waals surface area contributed by atoms with Gasteiger partial charge in [0.1, 0.15) is 23.7 Å². The van der Waals surface area contributed by atoms with E-state index >= 15 is 0 Å². The van der Waals surface area contributed by atoms with Crippen LogP contribution < -0.4 is 16.4 Å². The Labute approximate surface area is 159 Å². The van der Waals surface area contributed by atoms with Gasteiger partial charge in [-0.3, -0.25) is 24.1 Å². The van der Waals surface area contributed by atoms with Gasteiger partial charge in [-0.1, -0.05) is 0 Å². The fraction of sp³-hybridized carbons (Fsp3) is 0.444. The van der Waals surface area contributed by atoms with Crippen LogP contribution in [0.5, 0.6) is 0 Å². The second-order valence-electron chi connectivity index (χ2n) is 7.34. The molecule has 2 fully saturated rings. The number of carbonyl (C=O) groups is 4. The number of rotatable bonds is 5. The van der Waals surface area contributed by atoms with Gasteiger partial charge in [-0.15, -0.1) is 0 Å². The number of nitrogens with two attached hydrogens (primary N) is 2. The molecule has 4 amide bonds. The van der Waals surface area contributed by atoms with Crippen LogP contribution in [0.4, 0.5) is 10.1 Å². The fourth-order valence-corrected chi connectivity index (χ4v) is 4.82. The van der Waals surface area contributed by atoms with Crippen LogP contribution in [0.1, 0.15) is 12.0 Å². The molecule has 28 heavy (non-hydrogen) atoms. The van der Waals surface area contributed by atoms with Crippen LogP contribution in [0, 0.1) is 17.7 Å². The third kappa shape index (κ3) is 2.38. The first-order valence-electron chi connectivity index (χ1n) is 8.91. The summed E-state index contributed by atoms with van der Waals surface area (Å²) in [5.41, 5.74) is 4.51. The Morgan fingerprint density at radius 3 is 2.79 bits per heavy atom. The molecule has 9 nitrogen and oxygen atoms in total. The van der Waals surface area contributed by atoms with Crippen molar-refractivity contribution in [3.8, 4) is 0 Å². The molecule has 4 rings (SSSR count). The molecule has 0 bridgehead atoms. The molecule has 0 aromatic heterocycles. The summed E-state index contributed by atoms with van der Waals surface area (Å²) in [4.78, 5) is 51.8. The van der Waals surface area contributed by atoms with E-state index in [2.05, 4.69) is 5.32 Å². The smallest absolute Gasteiger partial charge is 0.291 e. The number of hydrogen-bond acceptors (Lipinski definition) is 5. The molecular formula is C18H20FN4O5+. The van der Waals surface area contributed by atoms with E-state index < -0.39 is 52.9 Å². The van der Waals surface area contributed by atoms with Gasteiger partial charge in [0.05, 0.1) is 25.3 Å². The maximum absolute atomic E-state index is 14.0. The van der Waals surface area contributed by atoms with E-state index in [0.717, 1.165) is 4.90 Å². The molecule has 0 radical (unpaired) electrons. The number of benzene rings is 1. The van der Waals surface area contributed by atoms with Crippen molar-refractivity contribution >= 4 is 29.3 Å². The molecule has 10 heteroatoms. The molecule has 1 aromatic rings. The number of carbonyl (C=O) groups excluding carboxylic acids is 4. The standard InChI is InChI=1S/C18H19FN4O5/c1-28-5-4-23-15(25)13-11(7-12(20)24)22-18(14(13)16(23)26)9-6-8(19)2-3-10(9)21-17(18)27/h2-3,6,11,13-14,22H,4-5,7H2,1H3,(H2,20,24)(H,21,27)/p+1/t11-,13-,14+,18-/m1/s1. The van der Waals surface area contributed by atoms with Crippen LogP contribution >= 0.6 is 0 Å². The normalized spacial score (nSPS) is 30.7. The molecular weight excluding hydrogens is 371 g/mol. The number of nitrogens with zero attached hydrogens (tertiary/aromatic N) is 1. The molecule has 0 aliphatic carbocycles. The maximum Gasteiger partial charge on any atom is 0.291 e. The minimum atomic E-state index is -1.52. The zero-order chi connectivity index (χ0) is 20.2. The zero-order valence-electron chi connectivity index (χ0n) is 15.1. The highest BCUT2D eigenvalue weighted by Gasteiger charge is 2.74. The Morgan fingerprint density at radius 2 is 2.11 bits per heavy atom. The zero-order valence-corrected chi connectivity index (χ0v) is 15.1. The summed E-state index contributed by atoms with van der Waals surface area (Å²) in [6.45, 7) is 0.184. The van der Waals surface area contributed by atoms with E-state index in [4.69, 9.17) is 10.5 Å². The predicted octanol–water partition coefficient (Wildman–Crippen LogP) is -1.96. The number of primary amides is 1. The minimum absolute atomic E-state index is 0.0398. The summed E-state index contributed by atoms with van der Waals surface area (Å²) in [6.07, 6.45) is -0.183. The Balaban J connectivity index is 1.85. The second kappa shape index (κ2) is 6.35. The summed E-state index contributed by atoms with van der Waals surface area (Å²) >= 11 is 0. The summed E-state index contributed by atoms with van der Waals surface area (Å²) in [6, 6.07) is 3.12. The van der Waals surface area contributed by atoms with Crippen LogP contribution in [0.3, 0.4) is 0 Å². The van der Waals surface area contributed by atoms with Gasteiger partial charge in [-0.05, 0) is 18.2 Å². The summed E-state index contributed by atoms with van der Waals surface area (Å²) in [7, 11) is 1.44. The van der Waals surface area contributed by atoms with E-state index in [0.29, 0.717) is 11.3 Å². The summed E-state index contributed by atoms with van der Waals surface area (Å²) in [5, 5.41) is 4.22. The van der Waals surface area contributed by atoms with Gasteiger partial charge >= 0.3 is 0 Å². The lowest BCUT2D eigenvalue weighted by atomic mass is 9.76. The largest absolute Gasteiger partial charge is 0.383 e. The first-order valence-corrected chi connectivity index (χ1v) is 8.91. The van der Waals surface area contributed by atoms with Crippen molar-refractivity contribution in [1.29, 1.82) is 0 Å². The first-order chi connectivity index (χ1) is 13.3. The van der Waals surface area contributed by atoms with E-state index in [9.17, 15) is 23.6 Å². The molecule has 4 atom stereocenters. The monoisotopic (exact) mass is 391 g/mol. The maximum atomic E-state index is 14.0. The van der Waals surface area contributed by atoms with Gasteiger partial charge in [0.2, 0.25) is 23.3 Å². The number of hydrogen-bond donors (Lipinski definition) is 3. The van der Waals surface area contributed by atoms with E-state index in [-0.39, 0.29) is 19.6 Å². The number of quaternary nitrogens is 1. The first kappa shape index (κ1) is 18.5. The lowest BCUT2D eigenvalue weighted by Gasteiger charge is -2.26. The van der Waals surface area contributed by atoms with Crippen molar-refractivity contribution in [2.45, 2.75) is 18.0 Å². The molecule has 0 unspecified atom stereocenters. The Bertz CT molecular complexity index is 906. The van der Waals surface area contributed by atoms with Crippen molar-refractivity contribution in [3.05, 3.63) is 29.6 Å². The SMILES string of the molecule is COCCN1C(=O)[C@H]2[C@@H](C1=O)[C@@]1([NH2+][C@@H]2CC(N)=O)C(=O)Nc2ccc(F)cc21. The van der Waals surface area contributed by atoms with Gasteiger partial charge < -0.3 is 21.1 Å². The molecule has 3 aliphatic heterocycles. The van der Waals surface area contributed by atoms with Crippen molar-refractivity contribution < 1.29 is 33.6 Å². The number of halogens is 1. The van der Waals surface area contributed by atoms with E-state index in [1.165, 1.54) is 30.6 Å². The van der Waals surface area contributed by atoms with Crippen LogP contribution in [-0.4, -0.2) is 54.8 Å². The number of fused-ring (bicyclic) bond motifs is 4. The third-order valence-corrected chi connectivity index (χ3v) is 5.88. The van der Waals surface area contributed by atoms with Crippen molar-refractivity contribution in [3.63, 3.8) is 0 Å². The minimum Gasteiger partial charge on any atom is -0.383 e. The lowest BCUT2D eigenvalue weighted by Crippen LogP contribution is -2.99. The average molecular weight is 391 g/mol. The molecule has 1 aromatic carbocycles. The van der Waals surface area contributed by atoms with Crippen molar-refractivity contribution in [2.75, 3.05) is 25.6 Å². The Kier molecular flexibility index (Phi) is 4.20. The highest BCUT2D eigenvalue weighted by molar-refractivity contribution is 6.14. The predicted molar refractivity (Wildman–Crippen MR) is 91.8 cm³/mol. The summed E-state index contributed by atoms with van der Waals surface area (Å²) in [5.74, 6) is -4.67. The molecule has 148 valence electrons. The number of ether oxygens (including phenoxy) is 1. The van der Waals surface area contributed by atoms with Gasteiger partial charge in [0.25, 0.3) is 5.91 Å². The quantitative estimate of drug-likeness (QED) is 0.501. The lowest BCUT2D eigenvalue weighted by molar-refractivity contribution is -0.732. The van der Waals surface area contributed by atoms with E-state index in [1.54, 1.807) is 0 Å². The number of likely N-dealkylation sites (tertiary alicyclic amines) is 1. The summed E-state index contributed by atoms with van der Waals surface area (Å²) < 4.78 is 19.0. The van der Waals surface area contributed by atoms with Crippen molar-refractivity contribution in [2.24, 2.45) is 17.6 Å². The Hall–Kier alpha value is -2.85. The molecule has 1 spiro atoms. The van der Waals surface area contributed by atoms with Gasteiger partial charge in [-0.25, -0.2) is 4.39 Å². The van der Waals surface area contributed by atoms with Gasteiger partial charge in [0.15, 0.2) is 0 Å². The fourth-order valence-electron chi connectivity index (χ4n) is 4.82. The molecule has 5 N–H and O–H groups in total. The van der Waals surface area contributed by atoms with Crippen LogP contribution in [0.25, 0.3) is 0 Å². The van der Waals surface area contributed by atoms with Gasteiger partial charge in [-0.2, -0.15) is 0 Å².